The third-order valence-electron chi connectivity index (χ3n) is 3.02. The van der Waals surface area contributed by atoms with Gasteiger partial charge in [0.15, 0.2) is 5.12 Å². The molecule has 8 heteroatoms. The minimum atomic E-state index is -0.567. The quantitative estimate of drug-likeness (QED) is 0.761. The van der Waals surface area contributed by atoms with Crippen molar-refractivity contribution in [3.63, 3.8) is 0 Å². The van der Waals surface area contributed by atoms with Gasteiger partial charge in [0.25, 0.3) is 0 Å². The number of anilines is 1. The number of thioether (sulfide) groups is 1. The molecule has 2 rings (SSSR count). The third-order valence-corrected chi connectivity index (χ3v) is 4.06. The molecule has 21 heavy (non-hydrogen) atoms. The number of amides is 1. The summed E-state index contributed by atoms with van der Waals surface area (Å²) in [6, 6.07) is 0. The highest BCUT2D eigenvalue weighted by Gasteiger charge is 2.35. The van der Waals surface area contributed by atoms with Gasteiger partial charge in [-0.15, -0.1) is 0 Å². The Balaban J connectivity index is 2.09. The summed E-state index contributed by atoms with van der Waals surface area (Å²) >= 11 is 1.19. The number of nitrogens with zero attached hydrogens (tertiary/aromatic N) is 2. The first-order valence-corrected chi connectivity index (χ1v) is 7.57. The third kappa shape index (κ3) is 3.63. The normalized spacial score (nSPS) is 18.1. The van der Waals surface area contributed by atoms with E-state index in [0.717, 1.165) is 0 Å². The van der Waals surface area contributed by atoms with Gasteiger partial charge in [0, 0.05) is 25.6 Å². The van der Waals surface area contributed by atoms with Gasteiger partial charge in [-0.2, -0.15) is 0 Å². The molecule has 1 aliphatic heterocycles. The highest BCUT2D eigenvalue weighted by Crippen LogP contribution is 2.30. The molecule has 1 atom stereocenters. The Kier molecular flexibility index (Phi) is 5.00. The summed E-state index contributed by atoms with van der Waals surface area (Å²) in [6.07, 6.45) is 1.57. The van der Waals surface area contributed by atoms with Gasteiger partial charge in [-0.1, -0.05) is 16.9 Å². The lowest BCUT2D eigenvalue weighted by molar-refractivity contribution is -0.117. The summed E-state index contributed by atoms with van der Waals surface area (Å²) < 4.78 is 9.94. The second kappa shape index (κ2) is 6.75. The fourth-order valence-electron chi connectivity index (χ4n) is 2.10. The Hall–Kier alpha value is -1.83. The number of hydrogen-bond acceptors (Lipinski definition) is 7. The number of esters is 1. The molecule has 1 aromatic heterocycles. The van der Waals surface area contributed by atoms with Gasteiger partial charge < -0.3 is 9.26 Å². The summed E-state index contributed by atoms with van der Waals surface area (Å²) in [5, 5.41) is 3.60. The Morgan fingerprint density at radius 3 is 3.00 bits per heavy atom. The van der Waals surface area contributed by atoms with Crippen LogP contribution in [0.4, 0.5) is 5.88 Å². The lowest BCUT2D eigenvalue weighted by atomic mass is 10.1. The van der Waals surface area contributed by atoms with E-state index in [1.54, 1.807) is 6.92 Å². The molecule has 1 aliphatic rings. The maximum Gasteiger partial charge on any atom is 0.345 e. The van der Waals surface area contributed by atoms with Crippen LogP contribution in [0.2, 0.25) is 0 Å². The molecule has 114 valence electrons. The van der Waals surface area contributed by atoms with Crippen molar-refractivity contribution in [3.05, 3.63) is 11.8 Å². The number of aromatic nitrogens is 1. The molecule has 0 bridgehead atoms. The van der Waals surface area contributed by atoms with Gasteiger partial charge in [-0.25, -0.2) is 4.79 Å². The van der Waals surface area contributed by atoms with Gasteiger partial charge in [0.1, 0.15) is 5.56 Å². The Labute approximate surface area is 126 Å². The summed E-state index contributed by atoms with van der Waals surface area (Å²) in [7, 11) is 0. The Morgan fingerprint density at radius 2 is 2.33 bits per heavy atom. The largest absolute Gasteiger partial charge is 0.462 e. The standard InChI is InChI=1S/C13H16N2O5S/c1-3-19-13(18)10-5-14-20-12(10)15-6-9(4-11(15)17)7-21-8(2)16/h5,9H,3-4,6-7H2,1-2H3. The van der Waals surface area contributed by atoms with Gasteiger partial charge in [0.2, 0.25) is 11.8 Å². The van der Waals surface area contributed by atoms with Crippen molar-refractivity contribution in [2.24, 2.45) is 5.92 Å². The van der Waals surface area contributed by atoms with Crippen LogP contribution in [0.1, 0.15) is 30.6 Å². The highest BCUT2D eigenvalue weighted by molar-refractivity contribution is 8.13. The van der Waals surface area contributed by atoms with Gasteiger partial charge >= 0.3 is 5.97 Å². The molecule has 1 fully saturated rings. The van der Waals surface area contributed by atoms with Crippen LogP contribution in [-0.2, 0) is 14.3 Å². The van der Waals surface area contributed by atoms with Crippen molar-refractivity contribution in [1.29, 1.82) is 0 Å². The van der Waals surface area contributed by atoms with E-state index in [-0.39, 0.29) is 35.0 Å². The van der Waals surface area contributed by atoms with Crippen molar-refractivity contribution in [2.45, 2.75) is 20.3 Å². The lowest BCUT2D eigenvalue weighted by Gasteiger charge is -2.13. The first-order valence-electron chi connectivity index (χ1n) is 6.58. The van der Waals surface area contributed by atoms with E-state index in [4.69, 9.17) is 9.26 Å². The zero-order valence-corrected chi connectivity index (χ0v) is 12.6. The first kappa shape index (κ1) is 15.6. The van der Waals surface area contributed by atoms with Crippen LogP contribution < -0.4 is 4.90 Å². The van der Waals surface area contributed by atoms with Crippen molar-refractivity contribution in [3.8, 4) is 0 Å². The van der Waals surface area contributed by atoms with Crippen molar-refractivity contribution < 1.29 is 23.6 Å². The number of carbonyl (C=O) groups is 3. The molecule has 2 heterocycles. The van der Waals surface area contributed by atoms with E-state index < -0.39 is 5.97 Å². The predicted octanol–water partition coefficient (Wildman–Crippen LogP) is 1.48. The van der Waals surface area contributed by atoms with Crippen molar-refractivity contribution >= 4 is 34.6 Å². The zero-order valence-electron chi connectivity index (χ0n) is 11.8. The SMILES string of the molecule is CCOC(=O)c1cnoc1N1CC(CSC(C)=O)CC1=O. The van der Waals surface area contributed by atoms with E-state index in [9.17, 15) is 14.4 Å². The smallest absolute Gasteiger partial charge is 0.345 e. The number of carbonyl (C=O) groups excluding carboxylic acids is 3. The topological polar surface area (TPSA) is 89.7 Å². The molecule has 0 aliphatic carbocycles. The molecule has 0 radical (unpaired) electrons. The fourth-order valence-corrected chi connectivity index (χ4v) is 2.80. The van der Waals surface area contributed by atoms with Crippen LogP contribution in [0.5, 0.6) is 0 Å². The molecule has 0 spiro atoms. The van der Waals surface area contributed by atoms with Crippen molar-refractivity contribution in [2.75, 3.05) is 23.8 Å². The number of hydrogen-bond donors (Lipinski definition) is 0. The van der Waals surface area contributed by atoms with E-state index in [2.05, 4.69) is 5.16 Å². The van der Waals surface area contributed by atoms with Crippen LogP contribution in [0.25, 0.3) is 0 Å². The molecular weight excluding hydrogens is 296 g/mol. The van der Waals surface area contributed by atoms with E-state index in [0.29, 0.717) is 18.7 Å². The summed E-state index contributed by atoms with van der Waals surface area (Å²) in [6.45, 7) is 3.83. The first-order chi connectivity index (χ1) is 10.0. The minimum absolute atomic E-state index is 0.0211. The van der Waals surface area contributed by atoms with Crippen LogP contribution in [0, 0.1) is 5.92 Å². The second-order valence-corrected chi connectivity index (χ2v) is 5.84. The zero-order chi connectivity index (χ0) is 15.4. The Morgan fingerprint density at radius 1 is 1.57 bits per heavy atom. The van der Waals surface area contributed by atoms with Crippen LogP contribution in [0.3, 0.4) is 0 Å². The number of ether oxygens (including phenoxy) is 1. The average Bonchev–Trinajstić information content (AvgIpc) is 3.02. The minimum Gasteiger partial charge on any atom is -0.462 e. The van der Waals surface area contributed by atoms with Gasteiger partial charge in [-0.3, -0.25) is 14.5 Å². The molecule has 1 unspecified atom stereocenters. The maximum absolute atomic E-state index is 12.1. The molecule has 0 aromatic carbocycles. The lowest BCUT2D eigenvalue weighted by Crippen LogP contribution is -2.26. The van der Waals surface area contributed by atoms with E-state index in [1.165, 1.54) is 29.8 Å². The Bertz CT molecular complexity index is 557. The number of rotatable bonds is 5. The van der Waals surface area contributed by atoms with E-state index in [1.807, 2.05) is 0 Å². The predicted molar refractivity (Wildman–Crippen MR) is 76.1 cm³/mol. The summed E-state index contributed by atoms with van der Waals surface area (Å²) in [5.74, 6) is 0.0235. The molecular formula is C13H16N2O5S. The maximum atomic E-state index is 12.1. The van der Waals surface area contributed by atoms with Gasteiger partial charge in [0.05, 0.1) is 12.8 Å². The molecule has 0 N–H and O–H groups in total. The van der Waals surface area contributed by atoms with Crippen LogP contribution >= 0.6 is 11.8 Å². The van der Waals surface area contributed by atoms with Gasteiger partial charge in [-0.05, 0) is 12.8 Å². The summed E-state index contributed by atoms with van der Waals surface area (Å²) in [4.78, 5) is 36.2. The molecule has 1 saturated heterocycles. The fraction of sp³-hybridized carbons (Fsp3) is 0.538. The molecule has 1 amide bonds. The van der Waals surface area contributed by atoms with Crippen molar-refractivity contribution in [1.82, 2.24) is 5.16 Å². The average molecular weight is 312 g/mol. The van der Waals surface area contributed by atoms with Crippen LogP contribution in [0.15, 0.2) is 10.7 Å². The highest BCUT2D eigenvalue weighted by atomic mass is 32.2. The van der Waals surface area contributed by atoms with Crippen LogP contribution in [-0.4, -0.2) is 41.1 Å². The second-order valence-electron chi connectivity index (χ2n) is 4.64. The monoisotopic (exact) mass is 312 g/mol. The molecule has 7 nitrogen and oxygen atoms in total. The summed E-state index contributed by atoms with van der Waals surface area (Å²) in [5.41, 5.74) is 0.144. The molecule has 0 saturated carbocycles. The van der Waals surface area contributed by atoms with E-state index >= 15 is 0 Å². The molecule has 1 aromatic rings.